The van der Waals surface area contributed by atoms with Crippen molar-refractivity contribution in [1.82, 2.24) is 5.32 Å². The predicted molar refractivity (Wildman–Crippen MR) is 66.2 cm³/mol. The summed E-state index contributed by atoms with van der Waals surface area (Å²) in [6.45, 7) is 10.1. The summed E-state index contributed by atoms with van der Waals surface area (Å²) < 4.78 is 6.39. The quantitative estimate of drug-likeness (QED) is 0.690. The van der Waals surface area contributed by atoms with Gasteiger partial charge in [0.2, 0.25) is 0 Å². The second kappa shape index (κ2) is 3.64. The van der Waals surface area contributed by atoms with Crippen LogP contribution in [0.25, 0.3) is 0 Å². The minimum atomic E-state index is -0.0397. The average Bonchev–Trinajstić information content (AvgIpc) is 2.14. The van der Waals surface area contributed by atoms with Gasteiger partial charge in [-0.15, -0.1) is 0 Å². The normalized spacial score (nSPS) is 39.2. The summed E-state index contributed by atoms with van der Waals surface area (Å²) in [5.74, 6) is 2.39. The van der Waals surface area contributed by atoms with Crippen LogP contribution < -0.4 is 5.32 Å². The van der Waals surface area contributed by atoms with Gasteiger partial charge in [0.1, 0.15) is 5.72 Å². The molecule has 0 aromatic heterocycles. The Kier molecular flexibility index (Phi) is 2.85. The molecule has 0 bridgehead atoms. The Bertz CT molecular complexity index is 244. The summed E-state index contributed by atoms with van der Waals surface area (Å²) in [4.78, 5) is 0. The van der Waals surface area contributed by atoms with Crippen LogP contribution in [0.3, 0.4) is 0 Å². The molecule has 3 heteroatoms. The van der Waals surface area contributed by atoms with E-state index in [0.29, 0.717) is 0 Å². The predicted octanol–water partition coefficient (Wildman–Crippen LogP) is 2.63. The number of rotatable bonds is 0. The SMILES string of the molecule is CC1(C)CNC2(CCCSC2)OC1(C)C. The third kappa shape index (κ3) is 2.06. The second-order valence-corrected chi connectivity index (χ2v) is 7.11. The number of hydrogen-bond donors (Lipinski definition) is 1. The van der Waals surface area contributed by atoms with Gasteiger partial charge in [0, 0.05) is 17.7 Å². The lowest BCUT2D eigenvalue weighted by Gasteiger charge is -2.55. The number of nitrogens with one attached hydrogen (secondary N) is 1. The first-order valence-corrected chi connectivity index (χ1v) is 7.05. The van der Waals surface area contributed by atoms with Gasteiger partial charge in [0.15, 0.2) is 0 Å². The molecule has 2 aliphatic rings. The Morgan fingerprint density at radius 2 is 1.93 bits per heavy atom. The van der Waals surface area contributed by atoms with E-state index in [1.165, 1.54) is 18.6 Å². The lowest BCUT2D eigenvalue weighted by molar-refractivity contribution is -0.229. The van der Waals surface area contributed by atoms with E-state index < -0.39 is 0 Å². The van der Waals surface area contributed by atoms with Crippen LogP contribution in [-0.2, 0) is 4.74 Å². The van der Waals surface area contributed by atoms with E-state index in [9.17, 15) is 0 Å². The Balaban J connectivity index is 2.14. The average molecular weight is 229 g/mol. The van der Waals surface area contributed by atoms with Gasteiger partial charge in [-0.05, 0) is 32.4 Å². The molecule has 2 heterocycles. The van der Waals surface area contributed by atoms with Crippen molar-refractivity contribution in [3.05, 3.63) is 0 Å². The third-order valence-corrected chi connectivity index (χ3v) is 5.39. The summed E-state index contributed by atoms with van der Waals surface area (Å²) >= 11 is 2.01. The van der Waals surface area contributed by atoms with E-state index in [1.54, 1.807) is 0 Å². The first-order valence-electron chi connectivity index (χ1n) is 5.90. The minimum Gasteiger partial charge on any atom is -0.353 e. The molecular formula is C12H23NOS. The third-order valence-electron chi connectivity index (χ3n) is 4.14. The lowest BCUT2D eigenvalue weighted by Crippen LogP contribution is -2.67. The Hall–Kier alpha value is 0.270. The van der Waals surface area contributed by atoms with Crippen LogP contribution in [0.5, 0.6) is 0 Å². The fourth-order valence-corrected chi connectivity index (χ4v) is 3.37. The molecule has 15 heavy (non-hydrogen) atoms. The monoisotopic (exact) mass is 229 g/mol. The molecule has 1 N–H and O–H groups in total. The van der Waals surface area contributed by atoms with Crippen molar-refractivity contribution in [2.45, 2.75) is 51.9 Å². The molecule has 0 saturated carbocycles. The van der Waals surface area contributed by atoms with E-state index in [0.717, 1.165) is 12.3 Å². The Morgan fingerprint density at radius 1 is 1.20 bits per heavy atom. The highest BCUT2D eigenvalue weighted by Crippen LogP contribution is 2.43. The molecule has 2 aliphatic heterocycles. The molecule has 1 unspecified atom stereocenters. The fourth-order valence-electron chi connectivity index (χ4n) is 2.25. The minimum absolute atomic E-state index is 0.0316. The van der Waals surface area contributed by atoms with Gasteiger partial charge in [-0.1, -0.05) is 13.8 Å². The molecule has 1 atom stereocenters. The van der Waals surface area contributed by atoms with Crippen LogP contribution >= 0.6 is 11.8 Å². The van der Waals surface area contributed by atoms with Gasteiger partial charge < -0.3 is 4.74 Å². The number of hydrogen-bond acceptors (Lipinski definition) is 3. The van der Waals surface area contributed by atoms with Gasteiger partial charge in [0.25, 0.3) is 0 Å². The molecule has 2 fully saturated rings. The van der Waals surface area contributed by atoms with Crippen molar-refractivity contribution in [2.24, 2.45) is 5.41 Å². The molecule has 0 amide bonds. The molecule has 0 radical (unpaired) electrons. The Morgan fingerprint density at radius 3 is 2.47 bits per heavy atom. The van der Waals surface area contributed by atoms with Gasteiger partial charge in [-0.2, -0.15) is 11.8 Å². The van der Waals surface area contributed by atoms with Crippen LogP contribution in [0.1, 0.15) is 40.5 Å². The van der Waals surface area contributed by atoms with Crippen molar-refractivity contribution >= 4 is 11.8 Å². The highest BCUT2D eigenvalue weighted by atomic mass is 32.2. The topological polar surface area (TPSA) is 21.3 Å². The van der Waals surface area contributed by atoms with Crippen LogP contribution in [-0.4, -0.2) is 29.4 Å². The zero-order valence-corrected chi connectivity index (χ0v) is 11.2. The molecule has 0 aromatic carbocycles. The van der Waals surface area contributed by atoms with Gasteiger partial charge in [0.05, 0.1) is 5.60 Å². The number of thioether (sulfide) groups is 1. The lowest BCUT2D eigenvalue weighted by atomic mass is 9.75. The first kappa shape index (κ1) is 11.7. The van der Waals surface area contributed by atoms with Crippen LogP contribution in [0.15, 0.2) is 0 Å². The summed E-state index contributed by atoms with van der Waals surface area (Å²) in [5, 5.41) is 3.64. The molecule has 2 rings (SSSR count). The van der Waals surface area contributed by atoms with Crippen molar-refractivity contribution in [3.63, 3.8) is 0 Å². The van der Waals surface area contributed by atoms with Crippen LogP contribution in [0.2, 0.25) is 0 Å². The van der Waals surface area contributed by atoms with Gasteiger partial charge >= 0.3 is 0 Å². The summed E-state index contributed by atoms with van der Waals surface area (Å²) in [6.07, 6.45) is 2.44. The molecule has 2 nitrogen and oxygen atoms in total. The first-order chi connectivity index (χ1) is 6.87. The van der Waals surface area contributed by atoms with Crippen molar-refractivity contribution in [2.75, 3.05) is 18.1 Å². The van der Waals surface area contributed by atoms with E-state index in [1.807, 2.05) is 11.8 Å². The van der Waals surface area contributed by atoms with Crippen molar-refractivity contribution < 1.29 is 4.74 Å². The van der Waals surface area contributed by atoms with E-state index in [-0.39, 0.29) is 16.7 Å². The zero-order valence-electron chi connectivity index (χ0n) is 10.4. The smallest absolute Gasteiger partial charge is 0.129 e. The number of ether oxygens (including phenoxy) is 1. The fraction of sp³-hybridized carbons (Fsp3) is 1.00. The molecule has 0 aromatic rings. The molecule has 88 valence electrons. The van der Waals surface area contributed by atoms with E-state index in [4.69, 9.17) is 4.74 Å². The molecule has 1 spiro atoms. The maximum Gasteiger partial charge on any atom is 0.129 e. The zero-order chi connectivity index (χ0) is 11.2. The van der Waals surface area contributed by atoms with Crippen LogP contribution in [0.4, 0.5) is 0 Å². The Labute approximate surface area is 97.5 Å². The maximum atomic E-state index is 6.39. The molecular weight excluding hydrogens is 206 g/mol. The highest BCUT2D eigenvalue weighted by molar-refractivity contribution is 7.99. The molecule has 2 saturated heterocycles. The standard InChI is InChI=1S/C12H23NOS/c1-10(2)8-13-12(14-11(10,3)4)6-5-7-15-9-12/h13H,5-9H2,1-4H3. The summed E-state index contributed by atoms with van der Waals surface area (Å²) in [5.41, 5.74) is 0.137. The van der Waals surface area contributed by atoms with E-state index >= 15 is 0 Å². The molecule has 0 aliphatic carbocycles. The maximum absolute atomic E-state index is 6.39. The second-order valence-electron chi connectivity index (χ2n) is 6.00. The van der Waals surface area contributed by atoms with Crippen molar-refractivity contribution in [3.8, 4) is 0 Å². The largest absolute Gasteiger partial charge is 0.353 e. The van der Waals surface area contributed by atoms with Gasteiger partial charge in [-0.25, -0.2) is 0 Å². The van der Waals surface area contributed by atoms with E-state index in [2.05, 4.69) is 33.0 Å². The highest BCUT2D eigenvalue weighted by Gasteiger charge is 2.50. The van der Waals surface area contributed by atoms with Crippen molar-refractivity contribution in [1.29, 1.82) is 0 Å². The summed E-state index contributed by atoms with van der Waals surface area (Å²) in [7, 11) is 0. The summed E-state index contributed by atoms with van der Waals surface area (Å²) in [6, 6.07) is 0. The van der Waals surface area contributed by atoms with Crippen LogP contribution in [0, 0.1) is 5.41 Å². The van der Waals surface area contributed by atoms with Gasteiger partial charge in [-0.3, -0.25) is 5.32 Å².